The van der Waals surface area contributed by atoms with E-state index in [-0.39, 0.29) is 18.1 Å². The Morgan fingerprint density at radius 2 is 2.37 bits per heavy atom. The largest absolute Gasteiger partial charge is 0.395 e. The Hall–Kier alpha value is -1.56. The lowest BCUT2D eigenvalue weighted by Gasteiger charge is -2.27. The fraction of sp³-hybridized carbons (Fsp3) is 0.692. The van der Waals surface area contributed by atoms with Gasteiger partial charge >= 0.3 is 0 Å². The Bertz CT molecular complexity index is 469. The van der Waals surface area contributed by atoms with Crippen LogP contribution in [0.1, 0.15) is 42.9 Å². The number of nitrogens with one attached hydrogen (secondary N) is 1. The predicted octanol–water partition coefficient (Wildman–Crippen LogP) is 0.862. The highest BCUT2D eigenvalue weighted by Gasteiger charge is 2.25. The molecule has 2 heterocycles. The smallest absolute Gasteiger partial charge is 0.271 e. The van der Waals surface area contributed by atoms with Crippen LogP contribution in [0.5, 0.6) is 0 Å². The topological polar surface area (TPSA) is 82.2 Å². The Kier molecular flexibility index (Phi) is 4.09. The first-order valence-electron chi connectivity index (χ1n) is 6.76. The second kappa shape index (κ2) is 5.61. The maximum absolute atomic E-state index is 12.3. The summed E-state index contributed by atoms with van der Waals surface area (Å²) in [5, 5.41) is 7.29. The van der Waals surface area contributed by atoms with E-state index in [1.54, 1.807) is 11.7 Å². The monoisotopic (exact) mass is 266 g/mol. The van der Waals surface area contributed by atoms with Crippen molar-refractivity contribution in [2.45, 2.75) is 45.3 Å². The van der Waals surface area contributed by atoms with Crippen molar-refractivity contribution >= 4 is 11.6 Å². The summed E-state index contributed by atoms with van der Waals surface area (Å²) >= 11 is 0. The molecule has 2 rings (SSSR count). The number of hydrogen-bond donors (Lipinski definition) is 2. The van der Waals surface area contributed by atoms with Crippen molar-refractivity contribution in [1.82, 2.24) is 15.1 Å². The molecular weight excluding hydrogens is 244 g/mol. The van der Waals surface area contributed by atoms with E-state index in [0.717, 1.165) is 25.0 Å². The molecule has 1 aliphatic heterocycles. The van der Waals surface area contributed by atoms with E-state index < -0.39 is 0 Å². The van der Waals surface area contributed by atoms with Crippen LogP contribution in [0.25, 0.3) is 0 Å². The molecule has 0 bridgehead atoms. The average Bonchev–Trinajstić information content (AvgIpc) is 2.64. The van der Waals surface area contributed by atoms with E-state index in [0.29, 0.717) is 18.0 Å². The number of hydrogen-bond acceptors (Lipinski definition) is 4. The lowest BCUT2D eigenvalue weighted by atomic mass is 10.0. The van der Waals surface area contributed by atoms with Crippen molar-refractivity contribution in [3.63, 3.8) is 0 Å². The van der Waals surface area contributed by atoms with Crippen molar-refractivity contribution in [3.8, 4) is 0 Å². The number of nitrogens with zero attached hydrogens (tertiary/aromatic N) is 2. The van der Waals surface area contributed by atoms with Crippen LogP contribution in [0.3, 0.4) is 0 Å². The SMILES string of the molecule is CCc1nn(C)c(C(=O)NC2CCOC(C)C2)c1N. The second-order valence-electron chi connectivity index (χ2n) is 5.06. The van der Waals surface area contributed by atoms with Crippen LogP contribution in [-0.2, 0) is 18.2 Å². The third-order valence-corrected chi connectivity index (χ3v) is 3.53. The number of aryl methyl sites for hydroxylation is 2. The van der Waals surface area contributed by atoms with Crippen molar-refractivity contribution in [2.24, 2.45) is 7.05 Å². The van der Waals surface area contributed by atoms with Gasteiger partial charge in [-0.2, -0.15) is 5.10 Å². The van der Waals surface area contributed by atoms with Gasteiger partial charge in [-0.25, -0.2) is 0 Å². The first kappa shape index (κ1) is 13.9. The van der Waals surface area contributed by atoms with Crippen molar-refractivity contribution in [3.05, 3.63) is 11.4 Å². The van der Waals surface area contributed by atoms with Crippen molar-refractivity contribution in [1.29, 1.82) is 0 Å². The number of carbonyl (C=O) groups excluding carboxylic acids is 1. The molecule has 1 aliphatic rings. The molecule has 6 heteroatoms. The molecule has 6 nitrogen and oxygen atoms in total. The molecule has 1 fully saturated rings. The number of ether oxygens (including phenoxy) is 1. The number of nitrogen functional groups attached to an aromatic ring is 1. The summed E-state index contributed by atoms with van der Waals surface area (Å²) in [6, 6.07) is 0.149. The average molecular weight is 266 g/mol. The first-order chi connectivity index (χ1) is 9.02. The number of rotatable bonds is 3. The van der Waals surface area contributed by atoms with Gasteiger partial charge in [-0.05, 0) is 26.2 Å². The van der Waals surface area contributed by atoms with Gasteiger partial charge < -0.3 is 15.8 Å². The summed E-state index contributed by atoms with van der Waals surface area (Å²) < 4.78 is 7.03. The number of nitrogens with two attached hydrogens (primary N) is 1. The maximum Gasteiger partial charge on any atom is 0.271 e. The van der Waals surface area contributed by atoms with Gasteiger partial charge in [0, 0.05) is 19.7 Å². The van der Waals surface area contributed by atoms with Gasteiger partial charge in [0.05, 0.1) is 17.5 Å². The van der Waals surface area contributed by atoms with Crippen molar-refractivity contribution in [2.75, 3.05) is 12.3 Å². The van der Waals surface area contributed by atoms with Crippen LogP contribution in [0.4, 0.5) is 5.69 Å². The number of anilines is 1. The molecule has 2 unspecified atom stereocenters. The third-order valence-electron chi connectivity index (χ3n) is 3.53. The summed E-state index contributed by atoms with van der Waals surface area (Å²) in [6.07, 6.45) is 2.59. The molecule has 3 N–H and O–H groups in total. The number of aromatic nitrogens is 2. The van der Waals surface area contributed by atoms with Crippen LogP contribution < -0.4 is 11.1 Å². The molecule has 0 saturated carbocycles. The zero-order valence-electron chi connectivity index (χ0n) is 11.8. The van der Waals surface area contributed by atoms with Crippen LogP contribution in [0, 0.1) is 0 Å². The number of amides is 1. The number of carbonyl (C=O) groups is 1. The summed E-state index contributed by atoms with van der Waals surface area (Å²) in [7, 11) is 1.75. The highest BCUT2D eigenvalue weighted by atomic mass is 16.5. The molecular formula is C13H22N4O2. The molecule has 0 aliphatic carbocycles. The van der Waals surface area contributed by atoms with Gasteiger partial charge in [0.2, 0.25) is 0 Å². The van der Waals surface area contributed by atoms with Gasteiger partial charge in [0.15, 0.2) is 0 Å². The molecule has 1 saturated heterocycles. The molecule has 1 amide bonds. The van der Waals surface area contributed by atoms with Gasteiger partial charge in [0.1, 0.15) is 5.69 Å². The molecule has 19 heavy (non-hydrogen) atoms. The Balaban J connectivity index is 2.09. The Labute approximate surface area is 113 Å². The highest BCUT2D eigenvalue weighted by Crippen LogP contribution is 2.18. The van der Waals surface area contributed by atoms with Crippen molar-refractivity contribution < 1.29 is 9.53 Å². The van der Waals surface area contributed by atoms with Crippen LogP contribution in [-0.4, -0.2) is 34.4 Å². The van der Waals surface area contributed by atoms with E-state index in [1.807, 2.05) is 13.8 Å². The quantitative estimate of drug-likeness (QED) is 0.850. The summed E-state index contributed by atoms with van der Waals surface area (Å²) in [5.41, 5.74) is 7.69. The van der Waals surface area contributed by atoms with E-state index in [2.05, 4.69) is 10.4 Å². The predicted molar refractivity (Wildman–Crippen MR) is 72.9 cm³/mol. The van der Waals surface area contributed by atoms with Crippen LogP contribution in [0.2, 0.25) is 0 Å². The van der Waals surface area contributed by atoms with E-state index in [1.165, 1.54) is 0 Å². The van der Waals surface area contributed by atoms with E-state index in [4.69, 9.17) is 10.5 Å². The second-order valence-corrected chi connectivity index (χ2v) is 5.06. The molecule has 0 aromatic carbocycles. The van der Waals surface area contributed by atoms with Gasteiger partial charge in [0.25, 0.3) is 5.91 Å². The Morgan fingerprint density at radius 1 is 1.63 bits per heavy atom. The lowest BCUT2D eigenvalue weighted by molar-refractivity contribution is 0.0136. The lowest BCUT2D eigenvalue weighted by Crippen LogP contribution is -2.42. The van der Waals surface area contributed by atoms with Gasteiger partial charge in [-0.15, -0.1) is 0 Å². The van der Waals surface area contributed by atoms with Gasteiger partial charge in [-0.1, -0.05) is 6.92 Å². The zero-order valence-corrected chi connectivity index (χ0v) is 11.8. The van der Waals surface area contributed by atoms with Crippen LogP contribution in [0.15, 0.2) is 0 Å². The fourth-order valence-corrected chi connectivity index (χ4v) is 2.51. The minimum absolute atomic E-state index is 0.147. The molecule has 1 aromatic heterocycles. The van der Waals surface area contributed by atoms with Crippen LogP contribution >= 0.6 is 0 Å². The standard InChI is InChI=1S/C13H22N4O2/c1-4-10-11(14)12(17(3)16-10)13(18)15-9-5-6-19-8(2)7-9/h8-9H,4-7,14H2,1-3H3,(H,15,18). The molecule has 0 radical (unpaired) electrons. The summed E-state index contributed by atoms with van der Waals surface area (Å²) in [5.74, 6) is -0.147. The normalized spacial score (nSPS) is 23.3. The highest BCUT2D eigenvalue weighted by molar-refractivity contribution is 5.98. The molecule has 0 spiro atoms. The minimum Gasteiger partial charge on any atom is -0.395 e. The molecule has 2 atom stereocenters. The maximum atomic E-state index is 12.3. The zero-order chi connectivity index (χ0) is 14.0. The molecule has 1 aromatic rings. The van der Waals surface area contributed by atoms with Gasteiger partial charge in [-0.3, -0.25) is 9.48 Å². The fourth-order valence-electron chi connectivity index (χ4n) is 2.51. The summed E-state index contributed by atoms with van der Waals surface area (Å²) in [4.78, 5) is 12.3. The third kappa shape index (κ3) is 2.89. The molecule has 106 valence electrons. The Morgan fingerprint density at radius 3 is 2.95 bits per heavy atom. The minimum atomic E-state index is -0.147. The van der Waals surface area contributed by atoms with E-state index in [9.17, 15) is 4.79 Å². The van der Waals surface area contributed by atoms with E-state index >= 15 is 0 Å². The summed E-state index contributed by atoms with van der Waals surface area (Å²) in [6.45, 7) is 4.68. The first-order valence-corrected chi connectivity index (χ1v) is 6.76.